The largest absolute Gasteiger partial charge is 0.507 e. The topological polar surface area (TPSA) is 74.8 Å². The highest BCUT2D eigenvalue weighted by molar-refractivity contribution is 6.15. The van der Waals surface area contributed by atoms with Gasteiger partial charge in [-0.25, -0.2) is 0 Å². The molecule has 0 saturated carbocycles. The van der Waals surface area contributed by atoms with Crippen LogP contribution < -0.4 is 4.74 Å². The molecule has 0 spiro atoms. The number of nitrogens with one attached hydrogen (secondary N) is 1. The van der Waals surface area contributed by atoms with Crippen LogP contribution in [0.3, 0.4) is 0 Å². The number of rotatable bonds is 3. The number of aromatic hydroxyl groups is 1. The van der Waals surface area contributed by atoms with Crippen molar-refractivity contribution in [3.63, 3.8) is 0 Å². The molecule has 5 rings (SSSR count). The van der Waals surface area contributed by atoms with E-state index in [1.165, 1.54) is 0 Å². The Morgan fingerprint density at radius 2 is 1.96 bits per heavy atom. The third-order valence-corrected chi connectivity index (χ3v) is 5.31. The van der Waals surface area contributed by atoms with Crippen molar-refractivity contribution in [1.82, 2.24) is 9.88 Å². The molecule has 3 heterocycles. The number of hydrogen-bond acceptors (Lipinski definition) is 5. The molecule has 2 aliphatic rings. The van der Waals surface area contributed by atoms with E-state index in [1.807, 2.05) is 30.5 Å². The van der Waals surface area contributed by atoms with Gasteiger partial charge in [0.1, 0.15) is 11.5 Å². The number of carbonyl (C=O) groups is 1. The summed E-state index contributed by atoms with van der Waals surface area (Å²) in [7, 11) is 0. The van der Waals surface area contributed by atoms with Crippen LogP contribution in [0.5, 0.6) is 11.5 Å². The van der Waals surface area contributed by atoms with Crippen LogP contribution in [-0.4, -0.2) is 47.1 Å². The second-order valence-corrected chi connectivity index (χ2v) is 7.06. The SMILES string of the molecule is O=C1/C(=C/c2c[nH]c3ccccc23)Oc2c1ccc(O)c2CN1CCOCC1. The Morgan fingerprint density at radius 3 is 2.82 bits per heavy atom. The molecule has 0 aliphatic carbocycles. The van der Waals surface area contributed by atoms with Crippen LogP contribution in [0.25, 0.3) is 17.0 Å². The van der Waals surface area contributed by atoms with Crippen molar-refractivity contribution in [1.29, 1.82) is 0 Å². The molecule has 2 aromatic carbocycles. The van der Waals surface area contributed by atoms with E-state index >= 15 is 0 Å². The molecule has 0 atom stereocenters. The summed E-state index contributed by atoms with van der Waals surface area (Å²) in [5.41, 5.74) is 3.04. The first-order valence-electron chi connectivity index (χ1n) is 9.36. The molecule has 6 heteroatoms. The molecule has 1 aromatic heterocycles. The first-order chi connectivity index (χ1) is 13.7. The van der Waals surface area contributed by atoms with Crippen molar-refractivity contribution < 1.29 is 19.4 Å². The van der Waals surface area contributed by atoms with Crippen LogP contribution in [0.2, 0.25) is 0 Å². The number of ether oxygens (including phenoxy) is 2. The maximum Gasteiger partial charge on any atom is 0.231 e. The van der Waals surface area contributed by atoms with Gasteiger partial charge in [-0.2, -0.15) is 0 Å². The summed E-state index contributed by atoms with van der Waals surface area (Å²) in [6.45, 7) is 3.43. The Labute approximate surface area is 162 Å². The molecule has 3 aromatic rings. The van der Waals surface area contributed by atoms with Gasteiger partial charge in [-0.05, 0) is 24.3 Å². The van der Waals surface area contributed by atoms with Crippen molar-refractivity contribution in [3.8, 4) is 11.5 Å². The van der Waals surface area contributed by atoms with E-state index in [4.69, 9.17) is 9.47 Å². The van der Waals surface area contributed by atoms with E-state index in [2.05, 4.69) is 9.88 Å². The smallest absolute Gasteiger partial charge is 0.231 e. The van der Waals surface area contributed by atoms with Gasteiger partial charge in [-0.1, -0.05) is 18.2 Å². The Morgan fingerprint density at radius 1 is 1.14 bits per heavy atom. The molecule has 0 unspecified atom stereocenters. The van der Waals surface area contributed by atoms with Gasteiger partial charge >= 0.3 is 0 Å². The van der Waals surface area contributed by atoms with Gasteiger partial charge in [0.05, 0.1) is 24.3 Å². The number of phenolic OH excluding ortho intramolecular Hbond substituents is 1. The molecule has 28 heavy (non-hydrogen) atoms. The van der Waals surface area contributed by atoms with Gasteiger partial charge in [-0.3, -0.25) is 9.69 Å². The Balaban J connectivity index is 1.50. The molecule has 0 radical (unpaired) electrons. The predicted molar refractivity (Wildman–Crippen MR) is 105 cm³/mol. The van der Waals surface area contributed by atoms with Crippen LogP contribution in [0.4, 0.5) is 0 Å². The zero-order valence-corrected chi connectivity index (χ0v) is 15.3. The van der Waals surface area contributed by atoms with Gasteiger partial charge in [-0.15, -0.1) is 0 Å². The summed E-state index contributed by atoms with van der Waals surface area (Å²) in [6.07, 6.45) is 3.63. The van der Waals surface area contributed by atoms with E-state index in [9.17, 15) is 9.90 Å². The summed E-state index contributed by atoms with van der Waals surface area (Å²) in [5.74, 6) is 0.714. The standard InChI is InChI=1S/C22H20N2O4/c25-19-6-5-16-21(26)20(11-14-12-23-18-4-2-1-3-15(14)18)28-22(16)17(19)13-24-7-9-27-10-8-24/h1-6,11-12,23,25H,7-10,13H2/b20-11-. The monoisotopic (exact) mass is 376 g/mol. The van der Waals surface area contributed by atoms with Crippen molar-refractivity contribution >= 4 is 22.8 Å². The number of Topliss-reactive ketones (excluding diaryl/α,β-unsaturated/α-hetero) is 1. The van der Waals surface area contributed by atoms with E-state index in [0.717, 1.165) is 29.6 Å². The minimum Gasteiger partial charge on any atom is -0.507 e. The first-order valence-corrected chi connectivity index (χ1v) is 9.36. The highest BCUT2D eigenvalue weighted by atomic mass is 16.5. The molecular formula is C22H20N2O4. The number of allylic oxidation sites excluding steroid dienone is 1. The lowest BCUT2D eigenvalue weighted by Gasteiger charge is -2.27. The fraction of sp³-hybridized carbons (Fsp3) is 0.227. The van der Waals surface area contributed by atoms with Crippen LogP contribution in [0, 0.1) is 0 Å². The number of aromatic nitrogens is 1. The fourth-order valence-electron chi connectivity index (χ4n) is 3.79. The quantitative estimate of drug-likeness (QED) is 0.686. The van der Waals surface area contributed by atoms with Gasteiger partial charge in [0, 0.05) is 42.3 Å². The summed E-state index contributed by atoms with van der Waals surface area (Å²) >= 11 is 0. The highest BCUT2D eigenvalue weighted by Gasteiger charge is 2.32. The zero-order chi connectivity index (χ0) is 19.1. The van der Waals surface area contributed by atoms with E-state index < -0.39 is 0 Å². The average molecular weight is 376 g/mol. The number of ketones is 1. The third-order valence-electron chi connectivity index (χ3n) is 5.31. The maximum absolute atomic E-state index is 12.9. The van der Waals surface area contributed by atoms with Crippen LogP contribution in [0.1, 0.15) is 21.5 Å². The molecule has 0 bridgehead atoms. The summed E-state index contributed by atoms with van der Waals surface area (Å²) in [6, 6.07) is 11.1. The van der Waals surface area contributed by atoms with Crippen molar-refractivity contribution in [3.05, 3.63) is 65.0 Å². The molecule has 2 N–H and O–H groups in total. The molecule has 142 valence electrons. The average Bonchev–Trinajstić information content (AvgIpc) is 3.27. The lowest BCUT2D eigenvalue weighted by molar-refractivity contribution is 0.0336. The number of morpholine rings is 1. The van der Waals surface area contributed by atoms with Crippen molar-refractivity contribution in [2.24, 2.45) is 0 Å². The van der Waals surface area contributed by atoms with Gasteiger partial charge in [0.15, 0.2) is 5.76 Å². The number of phenols is 1. The van der Waals surface area contributed by atoms with Gasteiger partial charge in [0.25, 0.3) is 0 Å². The number of hydrogen-bond donors (Lipinski definition) is 2. The Hall–Kier alpha value is -3.09. The van der Waals surface area contributed by atoms with E-state index in [-0.39, 0.29) is 17.3 Å². The summed E-state index contributed by atoms with van der Waals surface area (Å²) < 4.78 is 11.4. The lowest BCUT2D eigenvalue weighted by atomic mass is 10.0. The number of H-pyrrole nitrogens is 1. The van der Waals surface area contributed by atoms with Crippen LogP contribution >= 0.6 is 0 Å². The Kier molecular flexibility index (Phi) is 4.15. The van der Waals surface area contributed by atoms with Gasteiger partial charge < -0.3 is 19.6 Å². The van der Waals surface area contributed by atoms with E-state index in [0.29, 0.717) is 36.6 Å². The Bertz CT molecular complexity index is 1090. The molecule has 1 saturated heterocycles. The highest BCUT2D eigenvalue weighted by Crippen LogP contribution is 2.40. The zero-order valence-electron chi connectivity index (χ0n) is 15.3. The summed E-state index contributed by atoms with van der Waals surface area (Å²) in [5, 5.41) is 11.4. The van der Waals surface area contributed by atoms with Gasteiger partial charge in [0.2, 0.25) is 5.78 Å². The third kappa shape index (κ3) is 2.87. The molecule has 1 fully saturated rings. The second-order valence-electron chi connectivity index (χ2n) is 7.06. The summed E-state index contributed by atoms with van der Waals surface area (Å²) in [4.78, 5) is 18.3. The minimum atomic E-state index is -0.163. The first kappa shape index (κ1) is 17.0. The molecule has 2 aliphatic heterocycles. The number of para-hydroxylation sites is 1. The number of carbonyl (C=O) groups excluding carboxylic acids is 1. The lowest BCUT2D eigenvalue weighted by Crippen LogP contribution is -2.35. The molecule has 6 nitrogen and oxygen atoms in total. The second kappa shape index (κ2) is 6.82. The normalized spacial score (nSPS) is 18.6. The number of aromatic amines is 1. The van der Waals surface area contributed by atoms with Crippen molar-refractivity contribution in [2.45, 2.75) is 6.54 Å². The van der Waals surface area contributed by atoms with Crippen LogP contribution in [0.15, 0.2) is 48.4 Å². The van der Waals surface area contributed by atoms with Crippen LogP contribution in [-0.2, 0) is 11.3 Å². The fourth-order valence-corrected chi connectivity index (χ4v) is 3.79. The minimum absolute atomic E-state index is 0.145. The number of nitrogens with zero attached hydrogens (tertiary/aromatic N) is 1. The van der Waals surface area contributed by atoms with E-state index in [1.54, 1.807) is 18.2 Å². The maximum atomic E-state index is 12.9. The molecule has 0 amide bonds. The van der Waals surface area contributed by atoms with Crippen molar-refractivity contribution in [2.75, 3.05) is 26.3 Å². The number of fused-ring (bicyclic) bond motifs is 2. The number of benzene rings is 2. The molecular weight excluding hydrogens is 356 g/mol. The predicted octanol–water partition coefficient (Wildman–Crippen LogP) is 3.32.